The van der Waals surface area contributed by atoms with Gasteiger partial charge in [0.2, 0.25) is 0 Å². The molecule has 2 rings (SSSR count). The van der Waals surface area contributed by atoms with Crippen LogP contribution in [0.15, 0.2) is 18.2 Å². The van der Waals surface area contributed by atoms with Gasteiger partial charge in [0.15, 0.2) is 0 Å². The molecule has 1 aromatic rings. The number of nitrogens with zero attached hydrogens (tertiary/aromatic N) is 2. The van der Waals surface area contributed by atoms with E-state index in [0.29, 0.717) is 25.6 Å². The van der Waals surface area contributed by atoms with E-state index in [9.17, 15) is 9.18 Å². The summed E-state index contributed by atoms with van der Waals surface area (Å²) in [6.07, 6.45) is 2.42. The zero-order valence-corrected chi connectivity index (χ0v) is 14.4. The number of aliphatic hydroxyl groups excluding tert-OH is 1. The number of hydrogen-bond acceptors (Lipinski definition) is 3. The number of aliphatic hydroxyl groups is 1. The van der Waals surface area contributed by atoms with Crippen LogP contribution in [0.4, 0.5) is 4.39 Å². The minimum atomic E-state index is -0.579. The van der Waals surface area contributed by atoms with Crippen LogP contribution in [0.25, 0.3) is 0 Å². The number of carbonyl (C=O) groups excluding carboxylic acids is 1. The maximum absolute atomic E-state index is 14.0. The number of amides is 1. The van der Waals surface area contributed by atoms with Gasteiger partial charge >= 0.3 is 0 Å². The highest BCUT2D eigenvalue weighted by atomic mass is 35.5. The topological polar surface area (TPSA) is 43.8 Å². The Hall–Kier alpha value is -1.17. The Labute approximate surface area is 141 Å². The van der Waals surface area contributed by atoms with Gasteiger partial charge in [0.25, 0.3) is 5.91 Å². The second-order valence-electron chi connectivity index (χ2n) is 6.32. The fourth-order valence-corrected chi connectivity index (χ4v) is 3.51. The number of piperidine rings is 1. The van der Waals surface area contributed by atoms with E-state index >= 15 is 0 Å². The van der Waals surface area contributed by atoms with Crippen molar-refractivity contribution >= 4 is 17.5 Å². The van der Waals surface area contributed by atoms with Crippen molar-refractivity contribution in [2.75, 3.05) is 33.8 Å². The number of hydrogen-bond donors (Lipinski definition) is 1. The third-order valence-corrected chi connectivity index (χ3v) is 4.77. The van der Waals surface area contributed by atoms with Gasteiger partial charge in [-0.05, 0) is 57.5 Å². The lowest BCUT2D eigenvalue weighted by atomic mass is 9.87. The van der Waals surface area contributed by atoms with Crippen LogP contribution in [0.3, 0.4) is 0 Å². The predicted octanol–water partition coefficient (Wildman–Crippen LogP) is 2.64. The van der Waals surface area contributed by atoms with Crippen LogP contribution in [0.2, 0.25) is 5.02 Å². The fraction of sp³-hybridized carbons (Fsp3) is 0.588. The molecule has 1 fully saturated rings. The molecule has 0 unspecified atom stereocenters. The van der Waals surface area contributed by atoms with Crippen molar-refractivity contribution in [3.63, 3.8) is 0 Å². The van der Waals surface area contributed by atoms with Crippen molar-refractivity contribution in [1.82, 2.24) is 9.80 Å². The van der Waals surface area contributed by atoms with Crippen molar-refractivity contribution in [1.29, 1.82) is 0 Å². The number of carbonyl (C=O) groups is 1. The Morgan fingerprint density at radius 3 is 2.83 bits per heavy atom. The van der Waals surface area contributed by atoms with Crippen LogP contribution in [0.5, 0.6) is 0 Å². The van der Waals surface area contributed by atoms with Crippen LogP contribution in [-0.2, 0) is 0 Å². The third kappa shape index (κ3) is 4.43. The molecule has 1 aromatic carbocycles. The summed E-state index contributed by atoms with van der Waals surface area (Å²) in [4.78, 5) is 16.5. The van der Waals surface area contributed by atoms with Crippen LogP contribution >= 0.6 is 11.6 Å². The molecule has 0 radical (unpaired) electrons. The molecule has 1 aliphatic rings. The highest BCUT2D eigenvalue weighted by Crippen LogP contribution is 2.26. The highest BCUT2D eigenvalue weighted by Gasteiger charge is 2.33. The van der Waals surface area contributed by atoms with Crippen LogP contribution < -0.4 is 0 Å². The van der Waals surface area contributed by atoms with Gasteiger partial charge in [0.1, 0.15) is 5.82 Å². The smallest absolute Gasteiger partial charge is 0.256 e. The van der Waals surface area contributed by atoms with Crippen molar-refractivity contribution < 1.29 is 14.3 Å². The Morgan fingerprint density at radius 1 is 1.48 bits per heavy atom. The van der Waals surface area contributed by atoms with Gasteiger partial charge < -0.3 is 14.9 Å². The summed E-state index contributed by atoms with van der Waals surface area (Å²) < 4.78 is 14.0. The maximum Gasteiger partial charge on any atom is 0.256 e. The van der Waals surface area contributed by atoms with E-state index in [-0.39, 0.29) is 29.0 Å². The summed E-state index contributed by atoms with van der Waals surface area (Å²) in [6, 6.07) is 4.53. The lowest BCUT2D eigenvalue weighted by Crippen LogP contribution is -2.50. The summed E-state index contributed by atoms with van der Waals surface area (Å²) >= 11 is 5.75. The molecule has 1 heterocycles. The molecule has 1 aliphatic heterocycles. The van der Waals surface area contributed by atoms with Crippen molar-refractivity contribution in [3.8, 4) is 0 Å². The van der Waals surface area contributed by atoms with E-state index in [1.54, 1.807) is 4.90 Å². The monoisotopic (exact) mass is 342 g/mol. The Bertz CT molecular complexity index is 553. The van der Waals surface area contributed by atoms with Gasteiger partial charge in [-0.25, -0.2) is 4.39 Å². The fourth-order valence-electron chi connectivity index (χ4n) is 3.35. The molecule has 0 spiro atoms. The highest BCUT2D eigenvalue weighted by molar-refractivity contribution is 6.30. The second-order valence-corrected chi connectivity index (χ2v) is 6.76. The SMILES string of the molecule is CN(C)[C@H]1CCN(C(=O)c2ccc(Cl)cc2F)C[C@H]1CCCO. The third-order valence-electron chi connectivity index (χ3n) is 4.54. The Kier molecular flexibility index (Phi) is 6.39. The number of halogens is 2. The van der Waals surface area contributed by atoms with Gasteiger partial charge in [-0.15, -0.1) is 0 Å². The summed E-state index contributed by atoms with van der Waals surface area (Å²) in [7, 11) is 4.07. The molecule has 0 aliphatic carbocycles. The van der Waals surface area contributed by atoms with E-state index in [2.05, 4.69) is 4.90 Å². The lowest BCUT2D eigenvalue weighted by molar-refractivity contribution is 0.0492. The summed E-state index contributed by atoms with van der Waals surface area (Å²) in [5.74, 6) is -0.584. The standard InChI is InChI=1S/C17H24ClFN2O2/c1-20(2)16-7-8-21(11-12(16)4-3-9-22)17(23)14-6-5-13(18)10-15(14)19/h5-6,10,12,16,22H,3-4,7-9,11H2,1-2H3/t12-,16+/m1/s1. The Balaban J connectivity index is 2.12. The molecule has 6 heteroatoms. The first-order chi connectivity index (χ1) is 10.9. The van der Waals surface area contributed by atoms with Gasteiger partial charge in [0, 0.05) is 30.8 Å². The summed E-state index contributed by atoms with van der Waals surface area (Å²) in [5, 5.41) is 9.36. The number of likely N-dealkylation sites (tertiary alicyclic amines) is 1. The molecule has 0 saturated carbocycles. The van der Waals surface area contributed by atoms with Crippen LogP contribution in [-0.4, -0.2) is 60.6 Å². The largest absolute Gasteiger partial charge is 0.396 e. The molecule has 1 amide bonds. The second kappa shape index (κ2) is 8.08. The number of rotatable bonds is 5. The first-order valence-electron chi connectivity index (χ1n) is 7.95. The first-order valence-corrected chi connectivity index (χ1v) is 8.33. The maximum atomic E-state index is 14.0. The van der Waals surface area contributed by atoms with Crippen LogP contribution in [0, 0.1) is 11.7 Å². The molecule has 23 heavy (non-hydrogen) atoms. The molecule has 0 bridgehead atoms. The van der Waals surface area contributed by atoms with E-state index in [0.717, 1.165) is 12.8 Å². The van der Waals surface area contributed by atoms with Gasteiger partial charge in [-0.3, -0.25) is 4.79 Å². The Morgan fingerprint density at radius 2 is 2.22 bits per heavy atom. The summed E-state index contributed by atoms with van der Waals surface area (Å²) in [5.41, 5.74) is 0.0682. The van der Waals surface area contributed by atoms with E-state index < -0.39 is 5.82 Å². The average molecular weight is 343 g/mol. The zero-order valence-electron chi connectivity index (χ0n) is 13.6. The quantitative estimate of drug-likeness (QED) is 0.894. The molecule has 2 atom stereocenters. The van der Waals surface area contributed by atoms with Crippen molar-refractivity contribution in [2.45, 2.75) is 25.3 Å². The predicted molar refractivity (Wildman–Crippen MR) is 89.2 cm³/mol. The van der Waals surface area contributed by atoms with Crippen molar-refractivity contribution in [2.24, 2.45) is 5.92 Å². The van der Waals surface area contributed by atoms with E-state index in [1.807, 2.05) is 14.1 Å². The minimum Gasteiger partial charge on any atom is -0.396 e. The summed E-state index contributed by atoms with van der Waals surface area (Å²) in [6.45, 7) is 1.35. The number of benzene rings is 1. The lowest BCUT2D eigenvalue weighted by Gasteiger charge is -2.41. The molecule has 1 saturated heterocycles. The average Bonchev–Trinajstić information content (AvgIpc) is 2.51. The van der Waals surface area contributed by atoms with Crippen LogP contribution in [0.1, 0.15) is 29.6 Å². The molecule has 1 N–H and O–H groups in total. The van der Waals surface area contributed by atoms with E-state index in [1.165, 1.54) is 18.2 Å². The van der Waals surface area contributed by atoms with E-state index in [4.69, 9.17) is 16.7 Å². The van der Waals surface area contributed by atoms with Gasteiger partial charge in [-0.1, -0.05) is 11.6 Å². The zero-order chi connectivity index (χ0) is 17.0. The molecule has 4 nitrogen and oxygen atoms in total. The molecule has 128 valence electrons. The normalized spacial score (nSPS) is 21.7. The first kappa shape index (κ1) is 18.2. The van der Waals surface area contributed by atoms with Gasteiger partial charge in [0.05, 0.1) is 5.56 Å². The molecule has 0 aromatic heterocycles. The molecular weight excluding hydrogens is 319 g/mol. The molecular formula is C17H24ClFN2O2. The minimum absolute atomic E-state index is 0.0682. The van der Waals surface area contributed by atoms with Crippen molar-refractivity contribution in [3.05, 3.63) is 34.6 Å². The van der Waals surface area contributed by atoms with Gasteiger partial charge in [-0.2, -0.15) is 0 Å².